The Kier molecular flexibility index (Phi) is 5.14. The van der Waals surface area contributed by atoms with Crippen molar-refractivity contribution in [2.45, 2.75) is 13.8 Å². The number of amides is 1. The van der Waals surface area contributed by atoms with Crippen molar-refractivity contribution in [1.82, 2.24) is 29.8 Å². The Labute approximate surface area is 185 Å². The van der Waals surface area contributed by atoms with E-state index in [1.165, 1.54) is 0 Å². The standard InChI is InChI=1S/C23H23N7O2/c1-16-20(15-25-30(16)19-6-4-3-5-7-19)23(31)29-12-10-28(11-13-29)21-9-8-18(14-24-21)22-26-17(2)32-27-22/h3-9,14-15H,10-13H2,1-2H3. The van der Waals surface area contributed by atoms with E-state index in [0.717, 1.165) is 22.8 Å². The highest BCUT2D eigenvalue weighted by molar-refractivity contribution is 5.95. The van der Waals surface area contributed by atoms with E-state index in [4.69, 9.17) is 4.52 Å². The van der Waals surface area contributed by atoms with Crippen LogP contribution < -0.4 is 4.90 Å². The molecule has 3 aromatic heterocycles. The lowest BCUT2D eigenvalue weighted by atomic mass is 10.2. The van der Waals surface area contributed by atoms with E-state index in [2.05, 4.69) is 25.1 Å². The van der Waals surface area contributed by atoms with Gasteiger partial charge in [0.25, 0.3) is 5.91 Å². The number of anilines is 1. The molecule has 1 aliphatic heterocycles. The molecule has 9 nitrogen and oxygen atoms in total. The second kappa shape index (κ2) is 8.26. The Hall–Kier alpha value is -4.01. The molecule has 1 saturated heterocycles. The lowest BCUT2D eigenvalue weighted by Gasteiger charge is -2.35. The first-order chi connectivity index (χ1) is 15.6. The number of pyridine rings is 1. The summed E-state index contributed by atoms with van der Waals surface area (Å²) in [6.45, 7) is 6.37. The zero-order valence-electron chi connectivity index (χ0n) is 18.0. The molecule has 4 aromatic rings. The molecule has 1 aromatic carbocycles. The monoisotopic (exact) mass is 429 g/mol. The smallest absolute Gasteiger partial charge is 0.257 e. The summed E-state index contributed by atoms with van der Waals surface area (Å²) in [7, 11) is 0. The van der Waals surface area contributed by atoms with Gasteiger partial charge < -0.3 is 14.3 Å². The number of para-hydroxylation sites is 1. The molecule has 1 aliphatic rings. The molecule has 0 N–H and O–H groups in total. The summed E-state index contributed by atoms with van der Waals surface area (Å²) in [5.41, 5.74) is 3.24. The van der Waals surface area contributed by atoms with Gasteiger partial charge in [-0.05, 0) is 31.2 Å². The van der Waals surface area contributed by atoms with Gasteiger partial charge in [0.1, 0.15) is 5.82 Å². The molecule has 0 aliphatic carbocycles. The van der Waals surface area contributed by atoms with Crippen LogP contribution in [0.4, 0.5) is 5.82 Å². The molecule has 9 heteroatoms. The van der Waals surface area contributed by atoms with Gasteiger partial charge >= 0.3 is 0 Å². The average Bonchev–Trinajstić information content (AvgIpc) is 3.45. The first-order valence-electron chi connectivity index (χ1n) is 10.5. The van der Waals surface area contributed by atoms with Gasteiger partial charge in [0.05, 0.1) is 23.1 Å². The van der Waals surface area contributed by atoms with Crippen LogP contribution in [0.3, 0.4) is 0 Å². The fourth-order valence-corrected chi connectivity index (χ4v) is 3.88. The van der Waals surface area contributed by atoms with Gasteiger partial charge in [-0.15, -0.1) is 0 Å². The van der Waals surface area contributed by atoms with Crippen LogP contribution in [-0.4, -0.2) is 61.9 Å². The van der Waals surface area contributed by atoms with E-state index in [1.807, 2.05) is 54.3 Å². The summed E-state index contributed by atoms with van der Waals surface area (Å²) in [5.74, 6) is 1.94. The van der Waals surface area contributed by atoms with Gasteiger partial charge in [-0.25, -0.2) is 9.67 Å². The highest BCUT2D eigenvalue weighted by Crippen LogP contribution is 2.21. The highest BCUT2D eigenvalue weighted by Gasteiger charge is 2.25. The van der Waals surface area contributed by atoms with Crippen molar-refractivity contribution in [1.29, 1.82) is 0 Å². The third kappa shape index (κ3) is 3.73. The summed E-state index contributed by atoms with van der Waals surface area (Å²) >= 11 is 0. The minimum absolute atomic E-state index is 0.0140. The summed E-state index contributed by atoms with van der Waals surface area (Å²) < 4.78 is 6.83. The van der Waals surface area contributed by atoms with Crippen molar-refractivity contribution in [2.24, 2.45) is 0 Å². The van der Waals surface area contributed by atoms with E-state index in [9.17, 15) is 4.79 Å². The molecule has 0 spiro atoms. The largest absolute Gasteiger partial charge is 0.353 e. The fraction of sp³-hybridized carbons (Fsp3) is 0.261. The van der Waals surface area contributed by atoms with Crippen LogP contribution in [0.1, 0.15) is 21.9 Å². The number of carbonyl (C=O) groups excluding carboxylic acids is 1. The lowest BCUT2D eigenvalue weighted by Crippen LogP contribution is -2.49. The Bertz CT molecular complexity index is 1220. The van der Waals surface area contributed by atoms with Crippen molar-refractivity contribution >= 4 is 11.7 Å². The topological polar surface area (TPSA) is 93.2 Å². The van der Waals surface area contributed by atoms with Gasteiger partial charge in [0, 0.05) is 44.9 Å². The predicted molar refractivity (Wildman–Crippen MR) is 119 cm³/mol. The number of nitrogens with zero attached hydrogens (tertiary/aromatic N) is 7. The Morgan fingerprint density at radius 1 is 0.969 bits per heavy atom. The van der Waals surface area contributed by atoms with E-state index in [0.29, 0.717) is 43.5 Å². The molecule has 0 atom stereocenters. The van der Waals surface area contributed by atoms with Crippen molar-refractivity contribution in [2.75, 3.05) is 31.1 Å². The van der Waals surface area contributed by atoms with Crippen molar-refractivity contribution < 1.29 is 9.32 Å². The van der Waals surface area contributed by atoms with Crippen LogP contribution in [0.15, 0.2) is 59.4 Å². The first-order valence-corrected chi connectivity index (χ1v) is 10.5. The van der Waals surface area contributed by atoms with Crippen LogP contribution in [-0.2, 0) is 0 Å². The second-order valence-corrected chi connectivity index (χ2v) is 7.71. The predicted octanol–water partition coefficient (Wildman–Crippen LogP) is 2.90. The zero-order chi connectivity index (χ0) is 22.1. The lowest BCUT2D eigenvalue weighted by molar-refractivity contribution is 0.0745. The highest BCUT2D eigenvalue weighted by atomic mass is 16.5. The van der Waals surface area contributed by atoms with Gasteiger partial charge in [0.2, 0.25) is 11.7 Å². The molecule has 4 heterocycles. The third-order valence-electron chi connectivity index (χ3n) is 5.67. The molecular weight excluding hydrogens is 406 g/mol. The summed E-state index contributed by atoms with van der Waals surface area (Å²) in [5, 5.41) is 8.35. The number of carbonyl (C=O) groups is 1. The molecule has 0 radical (unpaired) electrons. The van der Waals surface area contributed by atoms with E-state index in [-0.39, 0.29) is 5.91 Å². The van der Waals surface area contributed by atoms with E-state index >= 15 is 0 Å². The van der Waals surface area contributed by atoms with Crippen LogP contribution in [0.5, 0.6) is 0 Å². The second-order valence-electron chi connectivity index (χ2n) is 7.71. The number of rotatable bonds is 4. The molecule has 0 unspecified atom stereocenters. The number of piperazine rings is 1. The van der Waals surface area contributed by atoms with Crippen molar-refractivity contribution in [3.05, 3.63) is 72.0 Å². The molecule has 5 rings (SSSR count). The number of hydrogen-bond donors (Lipinski definition) is 0. The van der Waals surface area contributed by atoms with E-state index < -0.39 is 0 Å². The zero-order valence-corrected chi connectivity index (χ0v) is 18.0. The molecule has 0 bridgehead atoms. The van der Waals surface area contributed by atoms with Gasteiger partial charge in [-0.1, -0.05) is 23.4 Å². The summed E-state index contributed by atoms with van der Waals surface area (Å²) in [4.78, 5) is 26.0. The Morgan fingerprint density at radius 2 is 1.75 bits per heavy atom. The first kappa shape index (κ1) is 19.9. The Morgan fingerprint density at radius 3 is 2.41 bits per heavy atom. The van der Waals surface area contributed by atoms with Crippen molar-refractivity contribution in [3.63, 3.8) is 0 Å². The van der Waals surface area contributed by atoms with Gasteiger partial charge in [-0.2, -0.15) is 10.1 Å². The maximum absolute atomic E-state index is 13.1. The number of benzene rings is 1. The van der Waals surface area contributed by atoms with Crippen LogP contribution in [0.2, 0.25) is 0 Å². The molecule has 32 heavy (non-hydrogen) atoms. The molecule has 1 amide bonds. The summed E-state index contributed by atoms with van der Waals surface area (Å²) in [6.07, 6.45) is 3.41. The minimum Gasteiger partial charge on any atom is -0.353 e. The molecule has 0 saturated carbocycles. The molecular formula is C23H23N7O2. The maximum atomic E-state index is 13.1. The number of aryl methyl sites for hydroxylation is 1. The van der Waals surface area contributed by atoms with Crippen LogP contribution in [0, 0.1) is 13.8 Å². The quantitative estimate of drug-likeness (QED) is 0.492. The fourth-order valence-electron chi connectivity index (χ4n) is 3.88. The molecule has 1 fully saturated rings. The van der Waals surface area contributed by atoms with Crippen LogP contribution >= 0.6 is 0 Å². The third-order valence-corrected chi connectivity index (χ3v) is 5.67. The number of hydrogen-bond acceptors (Lipinski definition) is 7. The SMILES string of the molecule is Cc1nc(-c2ccc(N3CCN(C(=O)c4cnn(-c5ccccc5)c4C)CC3)nc2)no1. The summed E-state index contributed by atoms with van der Waals surface area (Å²) in [6, 6.07) is 13.7. The van der Waals surface area contributed by atoms with Gasteiger partial charge in [0.15, 0.2) is 0 Å². The average molecular weight is 429 g/mol. The van der Waals surface area contributed by atoms with Crippen LogP contribution in [0.25, 0.3) is 17.1 Å². The van der Waals surface area contributed by atoms with Gasteiger partial charge in [-0.3, -0.25) is 4.79 Å². The Balaban J connectivity index is 1.24. The van der Waals surface area contributed by atoms with Crippen molar-refractivity contribution in [3.8, 4) is 17.1 Å². The van der Waals surface area contributed by atoms with E-state index in [1.54, 1.807) is 24.0 Å². The normalized spacial score (nSPS) is 14.1. The minimum atomic E-state index is 0.0140. The number of aromatic nitrogens is 5. The maximum Gasteiger partial charge on any atom is 0.257 e. The molecule has 162 valence electrons.